The summed E-state index contributed by atoms with van der Waals surface area (Å²) in [5.41, 5.74) is 5.01. The molecule has 1 unspecified atom stereocenters. The van der Waals surface area contributed by atoms with Gasteiger partial charge in [-0.25, -0.2) is 0 Å². The summed E-state index contributed by atoms with van der Waals surface area (Å²) in [5, 5.41) is 0. The first-order valence-corrected chi connectivity index (χ1v) is 24.1. The molecule has 0 aromatic heterocycles. The van der Waals surface area contributed by atoms with Crippen molar-refractivity contribution in [2.45, 2.75) is 94.1 Å². The smallest absolute Gasteiger partial charge is 0.262 e. The lowest BCUT2D eigenvalue weighted by atomic mass is 9.93. The van der Waals surface area contributed by atoms with Crippen molar-refractivity contribution < 1.29 is 57.0 Å². The Morgan fingerprint density at radius 1 is 0.521 bits per heavy atom. The highest BCUT2D eigenvalue weighted by atomic mass is 16.8. The average Bonchev–Trinajstić information content (AvgIpc) is 3.67. The number of fused-ring (bicyclic) bond motifs is 2. The van der Waals surface area contributed by atoms with Gasteiger partial charge in [0.25, 0.3) is 11.8 Å². The first kappa shape index (κ1) is 48.4. The third-order valence-electron chi connectivity index (χ3n) is 13.0. The molecule has 0 spiro atoms. The van der Waals surface area contributed by atoms with Crippen LogP contribution < -0.4 is 0 Å². The Morgan fingerprint density at radius 3 is 1.56 bits per heavy atom. The number of hydrogen-bond donors (Lipinski definition) is 0. The van der Waals surface area contributed by atoms with Crippen molar-refractivity contribution >= 4 is 11.8 Å². The maximum atomic E-state index is 14.7. The van der Waals surface area contributed by atoms with Gasteiger partial charge >= 0.3 is 0 Å². The first-order valence-electron chi connectivity index (χ1n) is 24.1. The van der Waals surface area contributed by atoms with Crippen molar-refractivity contribution in [3.8, 4) is 0 Å². The minimum absolute atomic E-state index is 0.0300. The van der Waals surface area contributed by atoms with Crippen LogP contribution in [-0.4, -0.2) is 97.9 Å². The van der Waals surface area contributed by atoms with Crippen molar-refractivity contribution in [3.63, 3.8) is 0 Å². The van der Waals surface area contributed by atoms with Crippen molar-refractivity contribution in [2.75, 3.05) is 19.8 Å². The van der Waals surface area contributed by atoms with E-state index in [-0.39, 0.29) is 50.8 Å². The van der Waals surface area contributed by atoms with Gasteiger partial charge in [0.2, 0.25) is 0 Å². The molecule has 366 valence electrons. The van der Waals surface area contributed by atoms with E-state index in [1.807, 2.05) is 152 Å². The van der Waals surface area contributed by atoms with Crippen molar-refractivity contribution in [3.05, 3.63) is 228 Å². The van der Waals surface area contributed by atoms with Crippen LogP contribution in [0.3, 0.4) is 0 Å². The highest BCUT2D eigenvalue weighted by molar-refractivity contribution is 6.21. The standard InChI is InChI=1S/C58H57NO12/c1-2-32-63-57-48(59-54(60)44-30-18-19-31-45(44)55(59)61)51(50-47(68-57)38-67-56(70-50)43-28-16-7-17-29-43)71-58-53(66-36-42-26-14-6-15-27-42)52(65-35-41-24-12-5-13-25-41)49(64-34-40-22-10-4-11-23-40)46(69-58)37-62-33-39-20-8-3-9-21-39/h2-31,46-53,56-58H,1,32-38H2/t46-,47-,48-,49-,50-,51+,52+,53-,56?,57-,58+/m1/s1. The van der Waals surface area contributed by atoms with E-state index >= 15 is 0 Å². The summed E-state index contributed by atoms with van der Waals surface area (Å²) in [6.07, 6.45) is -8.08. The van der Waals surface area contributed by atoms with Crippen molar-refractivity contribution in [1.82, 2.24) is 4.90 Å². The van der Waals surface area contributed by atoms with Crippen molar-refractivity contribution in [2.24, 2.45) is 0 Å². The van der Waals surface area contributed by atoms with E-state index in [1.165, 1.54) is 4.90 Å². The van der Waals surface area contributed by atoms with Gasteiger partial charge in [-0.1, -0.05) is 170 Å². The summed E-state index contributed by atoms with van der Waals surface area (Å²) in [5.74, 6) is -1.06. The SMILES string of the molecule is C=CCO[C@@H]1O[C@@H]2COC(c3ccccc3)O[C@H]2[C@@H](O[C@@H]2O[C@H](COCc3ccccc3)[C@@H](OCc3ccccc3)[C@H](OCc3ccccc3)[C@H]2OCc2ccccc2)[C@H]1N1C(=O)c2ccccc2C1=O. The Labute approximate surface area is 413 Å². The normalized spacial score (nSPS) is 27.2. The van der Waals surface area contributed by atoms with Gasteiger partial charge in [0.15, 0.2) is 18.9 Å². The molecule has 0 bridgehead atoms. The van der Waals surface area contributed by atoms with Gasteiger partial charge in [-0.05, 0) is 34.4 Å². The molecule has 10 rings (SSSR count). The molecule has 4 aliphatic heterocycles. The molecular weight excluding hydrogens is 903 g/mol. The number of carbonyl (C=O) groups excluding carboxylic acids is 2. The van der Waals surface area contributed by atoms with E-state index in [1.54, 1.807) is 30.3 Å². The van der Waals surface area contributed by atoms with Crippen LogP contribution >= 0.6 is 0 Å². The summed E-state index contributed by atoms with van der Waals surface area (Å²) in [7, 11) is 0. The number of hydrogen-bond acceptors (Lipinski definition) is 12. The Hall–Kier alpha value is -6.20. The van der Waals surface area contributed by atoms with Gasteiger partial charge in [-0.15, -0.1) is 6.58 Å². The molecule has 13 heteroatoms. The van der Waals surface area contributed by atoms with E-state index in [4.69, 9.17) is 47.4 Å². The fourth-order valence-electron chi connectivity index (χ4n) is 9.56. The van der Waals surface area contributed by atoms with E-state index < -0.39 is 79.5 Å². The summed E-state index contributed by atoms with van der Waals surface area (Å²) in [4.78, 5) is 30.5. The molecule has 71 heavy (non-hydrogen) atoms. The molecule has 3 fully saturated rings. The zero-order valence-corrected chi connectivity index (χ0v) is 39.2. The summed E-state index contributed by atoms with van der Waals surface area (Å²) in [6, 6.07) is 54.5. The molecule has 0 N–H and O–H groups in total. The van der Waals surface area contributed by atoms with Crippen LogP contribution in [0.15, 0.2) is 189 Å². The second kappa shape index (κ2) is 23.4. The summed E-state index contributed by atoms with van der Waals surface area (Å²) >= 11 is 0. The van der Waals surface area contributed by atoms with E-state index in [0.717, 1.165) is 27.8 Å². The van der Waals surface area contributed by atoms with E-state index in [9.17, 15) is 9.59 Å². The predicted molar refractivity (Wildman–Crippen MR) is 260 cm³/mol. The number of rotatable bonds is 20. The molecule has 4 heterocycles. The van der Waals surface area contributed by atoms with Gasteiger partial charge < -0.3 is 47.4 Å². The first-order chi connectivity index (χ1) is 35.0. The van der Waals surface area contributed by atoms with Crippen molar-refractivity contribution in [1.29, 1.82) is 0 Å². The molecule has 3 saturated heterocycles. The number of nitrogens with zero attached hydrogens (tertiary/aromatic N) is 1. The topological polar surface area (TPSA) is 130 Å². The zero-order valence-electron chi connectivity index (χ0n) is 39.2. The van der Waals surface area contributed by atoms with Gasteiger partial charge in [0, 0.05) is 5.56 Å². The van der Waals surface area contributed by atoms with Crippen LogP contribution in [0.4, 0.5) is 0 Å². The molecule has 4 aliphatic rings. The van der Waals surface area contributed by atoms with Crippen LogP contribution in [-0.2, 0) is 73.8 Å². The minimum Gasteiger partial charge on any atom is -0.374 e. The number of benzene rings is 6. The van der Waals surface area contributed by atoms with E-state index in [0.29, 0.717) is 6.61 Å². The fraction of sp³-hybridized carbons (Fsp3) is 0.310. The van der Waals surface area contributed by atoms with Crippen LogP contribution in [0, 0.1) is 0 Å². The number of amides is 2. The third kappa shape index (κ3) is 11.3. The second-order valence-electron chi connectivity index (χ2n) is 17.8. The Balaban J connectivity index is 1.08. The lowest BCUT2D eigenvalue weighted by Gasteiger charge is -2.53. The number of ether oxygens (including phenoxy) is 10. The Morgan fingerprint density at radius 2 is 1.01 bits per heavy atom. The number of imide groups is 1. The molecule has 0 saturated carbocycles. The van der Waals surface area contributed by atoms with Gasteiger partial charge in [0.1, 0.15) is 48.8 Å². The highest BCUT2D eigenvalue weighted by Crippen LogP contribution is 2.42. The van der Waals surface area contributed by atoms with Crippen LogP contribution in [0.25, 0.3) is 0 Å². The minimum atomic E-state index is -1.26. The summed E-state index contributed by atoms with van der Waals surface area (Å²) < 4.78 is 68.4. The molecule has 11 atom stereocenters. The van der Waals surface area contributed by atoms with Gasteiger partial charge in [0.05, 0.1) is 57.4 Å². The maximum absolute atomic E-state index is 14.7. The monoisotopic (exact) mass is 959 g/mol. The molecule has 6 aromatic carbocycles. The molecular formula is C58H57NO12. The van der Waals surface area contributed by atoms with Crippen LogP contribution in [0.2, 0.25) is 0 Å². The molecule has 0 aliphatic carbocycles. The van der Waals surface area contributed by atoms with Crippen LogP contribution in [0.5, 0.6) is 0 Å². The lowest BCUT2D eigenvalue weighted by molar-refractivity contribution is -0.387. The summed E-state index contributed by atoms with van der Waals surface area (Å²) in [6.45, 7) is 4.92. The van der Waals surface area contributed by atoms with Gasteiger partial charge in [-0.2, -0.15) is 0 Å². The molecule has 0 radical (unpaired) electrons. The quantitative estimate of drug-likeness (QED) is 0.0536. The van der Waals surface area contributed by atoms with Gasteiger partial charge in [-0.3, -0.25) is 14.5 Å². The second-order valence-corrected chi connectivity index (χ2v) is 17.8. The van der Waals surface area contributed by atoms with Crippen LogP contribution in [0.1, 0.15) is 54.8 Å². The zero-order chi connectivity index (χ0) is 48.4. The van der Waals surface area contributed by atoms with E-state index in [2.05, 4.69) is 6.58 Å². The largest absolute Gasteiger partial charge is 0.374 e. The molecule has 13 nitrogen and oxygen atoms in total. The Kier molecular flexibility index (Phi) is 15.9. The highest BCUT2D eigenvalue weighted by Gasteiger charge is 2.59. The maximum Gasteiger partial charge on any atom is 0.262 e. The Bertz CT molecular complexity index is 2610. The predicted octanol–water partition coefficient (Wildman–Crippen LogP) is 8.78. The fourth-order valence-corrected chi connectivity index (χ4v) is 9.56. The molecule has 2 amide bonds. The number of carbonyl (C=O) groups is 2. The lowest BCUT2D eigenvalue weighted by Crippen LogP contribution is -2.70. The molecule has 6 aromatic rings. The average molecular weight is 960 g/mol. The third-order valence-corrected chi connectivity index (χ3v) is 13.0.